The molecule has 0 spiro atoms. The van der Waals surface area contributed by atoms with Gasteiger partial charge in [-0.3, -0.25) is 0 Å². The fraction of sp³-hybridized carbons (Fsp3) is 0.484. The van der Waals surface area contributed by atoms with E-state index >= 15 is 0 Å². The summed E-state index contributed by atoms with van der Waals surface area (Å²) in [5.74, 6) is 1.66. The van der Waals surface area contributed by atoms with E-state index in [1.807, 2.05) is 71.1 Å². The maximum absolute atomic E-state index is 12.7. The number of imidazole rings is 1. The summed E-state index contributed by atoms with van der Waals surface area (Å²) in [6, 6.07) is 6.49. The average molecular weight is 537 g/mol. The summed E-state index contributed by atoms with van der Waals surface area (Å²) in [4.78, 5) is 19.0. The van der Waals surface area contributed by atoms with Crippen molar-refractivity contribution < 1.29 is 9.53 Å². The van der Waals surface area contributed by atoms with Gasteiger partial charge in [-0.25, -0.2) is 9.78 Å². The molecule has 2 aliphatic heterocycles. The topological polar surface area (TPSA) is 59.4 Å². The summed E-state index contributed by atoms with van der Waals surface area (Å²) >= 11 is 6.55. The van der Waals surface area contributed by atoms with Crippen LogP contribution in [0.3, 0.4) is 0 Å². The number of rotatable bonds is 3. The number of nitrogens with one attached hydrogen (secondary N) is 1. The van der Waals surface area contributed by atoms with E-state index in [-0.39, 0.29) is 18.1 Å². The van der Waals surface area contributed by atoms with Gasteiger partial charge in [0.25, 0.3) is 0 Å². The van der Waals surface area contributed by atoms with Crippen molar-refractivity contribution in [2.45, 2.75) is 78.5 Å². The van der Waals surface area contributed by atoms with Crippen LogP contribution < -0.4 is 5.32 Å². The Hall–Kier alpha value is -2.99. The van der Waals surface area contributed by atoms with Crippen LogP contribution in [-0.4, -0.2) is 45.3 Å². The standard InChI is InChI=1S/C29H35ClN4O2.C2H6/c1-19-31-12-15-34(19)18-22-16-21-6-5-11-32-27(21)26(24-8-7-23(30)17-25(22)24)20-9-13-33(14-10-20)28(35)36-29(2,3)4;1-2/h5-8,11-12,15-17,20,26-27,32H,9-10,13-14,18H2,1-4H3;1-2H3. The number of carbonyl (C=O) groups is 1. The maximum Gasteiger partial charge on any atom is 0.410 e. The van der Waals surface area contributed by atoms with Crippen LogP contribution in [0.5, 0.6) is 0 Å². The molecule has 1 aromatic heterocycles. The zero-order chi connectivity index (χ0) is 27.4. The molecule has 1 fully saturated rings. The summed E-state index contributed by atoms with van der Waals surface area (Å²) in [6.45, 7) is 13.9. The summed E-state index contributed by atoms with van der Waals surface area (Å²) in [7, 11) is 0. The molecule has 3 heterocycles. The zero-order valence-electron chi connectivity index (χ0n) is 23.5. The number of fused-ring (bicyclic) bond motifs is 2. The molecule has 5 rings (SSSR count). The van der Waals surface area contributed by atoms with Crippen LogP contribution in [0.4, 0.5) is 4.79 Å². The minimum atomic E-state index is -0.485. The van der Waals surface area contributed by atoms with Crippen molar-refractivity contribution in [2.75, 3.05) is 13.1 Å². The molecule has 3 aliphatic rings. The molecule has 2 unspecified atom stereocenters. The SMILES string of the molecule is CC.Cc1nccn1CC1=CC2=CC=CNC2C(C2CCN(C(=O)OC(C)(C)C)CC2)c2ccc(Cl)cc21. The highest BCUT2D eigenvalue weighted by Gasteiger charge is 2.39. The summed E-state index contributed by atoms with van der Waals surface area (Å²) in [6.07, 6.45) is 14.2. The molecule has 1 N–H and O–H groups in total. The molecule has 7 heteroatoms. The fourth-order valence-electron chi connectivity index (χ4n) is 5.70. The third kappa shape index (κ3) is 6.17. The second kappa shape index (κ2) is 11.8. The number of amides is 1. The first-order valence-corrected chi connectivity index (χ1v) is 14.2. The van der Waals surface area contributed by atoms with Gasteiger partial charge in [-0.05, 0) is 93.1 Å². The molecule has 6 nitrogen and oxygen atoms in total. The monoisotopic (exact) mass is 536 g/mol. The van der Waals surface area contributed by atoms with Crippen LogP contribution in [0.25, 0.3) is 5.57 Å². The molecule has 1 amide bonds. The van der Waals surface area contributed by atoms with Crippen molar-refractivity contribution in [3.63, 3.8) is 0 Å². The van der Waals surface area contributed by atoms with E-state index in [9.17, 15) is 4.79 Å². The highest BCUT2D eigenvalue weighted by Crippen LogP contribution is 2.45. The second-order valence-electron chi connectivity index (χ2n) is 11.0. The first-order chi connectivity index (χ1) is 18.2. The van der Waals surface area contributed by atoms with E-state index in [1.165, 1.54) is 22.3 Å². The first kappa shape index (κ1) is 28.0. The Bertz CT molecular complexity index is 1230. The van der Waals surface area contributed by atoms with Gasteiger partial charge in [-0.15, -0.1) is 0 Å². The predicted octanol–water partition coefficient (Wildman–Crippen LogP) is 7.11. The highest BCUT2D eigenvalue weighted by atomic mass is 35.5. The van der Waals surface area contributed by atoms with Gasteiger partial charge in [0.15, 0.2) is 0 Å². The van der Waals surface area contributed by atoms with E-state index < -0.39 is 5.60 Å². The molecule has 0 bridgehead atoms. The number of allylic oxidation sites excluding steroid dienone is 3. The van der Waals surface area contributed by atoms with Gasteiger partial charge in [0, 0.05) is 43.0 Å². The molecular weight excluding hydrogens is 496 g/mol. The molecule has 0 radical (unpaired) electrons. The van der Waals surface area contributed by atoms with Gasteiger partial charge in [0.05, 0.1) is 6.04 Å². The molecule has 2 aromatic rings. The number of piperidine rings is 1. The average Bonchev–Trinajstić information content (AvgIpc) is 3.24. The van der Waals surface area contributed by atoms with Crippen molar-refractivity contribution in [3.8, 4) is 0 Å². The molecule has 38 heavy (non-hydrogen) atoms. The summed E-state index contributed by atoms with van der Waals surface area (Å²) < 4.78 is 7.81. The Morgan fingerprint density at radius 1 is 1.21 bits per heavy atom. The Kier molecular flexibility index (Phi) is 8.71. The number of likely N-dealkylation sites (tertiary alicyclic amines) is 1. The van der Waals surface area contributed by atoms with Gasteiger partial charge in [-0.1, -0.05) is 43.7 Å². The van der Waals surface area contributed by atoms with E-state index in [1.54, 1.807) is 0 Å². The van der Waals surface area contributed by atoms with Crippen molar-refractivity contribution >= 4 is 23.3 Å². The van der Waals surface area contributed by atoms with E-state index in [0.717, 1.165) is 30.2 Å². The number of carbonyl (C=O) groups excluding carboxylic acids is 1. The third-order valence-electron chi connectivity index (χ3n) is 7.40. The Balaban J connectivity index is 0.00000164. The van der Waals surface area contributed by atoms with Crippen molar-refractivity contribution in [2.24, 2.45) is 5.92 Å². The number of dihydropyridines is 1. The van der Waals surface area contributed by atoms with Crippen LogP contribution in [0, 0.1) is 12.8 Å². The first-order valence-electron chi connectivity index (χ1n) is 13.8. The Labute approximate surface area is 232 Å². The molecule has 1 aromatic carbocycles. The molecule has 2 atom stereocenters. The van der Waals surface area contributed by atoms with Gasteiger partial charge < -0.3 is 19.5 Å². The predicted molar refractivity (Wildman–Crippen MR) is 155 cm³/mol. The van der Waals surface area contributed by atoms with Gasteiger partial charge in [0.1, 0.15) is 11.4 Å². The lowest BCUT2D eigenvalue weighted by Gasteiger charge is -2.40. The lowest BCUT2D eigenvalue weighted by Crippen LogP contribution is -2.45. The number of aryl methyl sites for hydroxylation is 1. The molecule has 1 saturated heterocycles. The largest absolute Gasteiger partial charge is 0.444 e. The van der Waals surface area contributed by atoms with Crippen LogP contribution in [0.2, 0.25) is 5.02 Å². The third-order valence-corrected chi connectivity index (χ3v) is 7.64. The number of hydrogen-bond donors (Lipinski definition) is 1. The number of ether oxygens (including phenoxy) is 1. The number of hydrogen-bond acceptors (Lipinski definition) is 4. The maximum atomic E-state index is 12.7. The van der Waals surface area contributed by atoms with E-state index in [2.05, 4.69) is 45.2 Å². The van der Waals surface area contributed by atoms with Crippen LogP contribution in [0.1, 0.15) is 70.3 Å². The van der Waals surface area contributed by atoms with Crippen molar-refractivity contribution in [1.29, 1.82) is 0 Å². The summed E-state index contributed by atoms with van der Waals surface area (Å²) in [5.41, 5.74) is 4.54. The molecular formula is C31H41ClN4O2. The van der Waals surface area contributed by atoms with Crippen molar-refractivity contribution in [3.05, 3.63) is 82.6 Å². The van der Waals surface area contributed by atoms with Crippen LogP contribution in [-0.2, 0) is 11.3 Å². The van der Waals surface area contributed by atoms with Crippen LogP contribution >= 0.6 is 11.6 Å². The van der Waals surface area contributed by atoms with Crippen molar-refractivity contribution in [1.82, 2.24) is 19.8 Å². The number of benzene rings is 1. The lowest BCUT2D eigenvalue weighted by atomic mass is 9.73. The van der Waals surface area contributed by atoms with E-state index in [4.69, 9.17) is 16.3 Å². The second-order valence-corrected chi connectivity index (χ2v) is 11.4. The number of aromatic nitrogens is 2. The number of halogens is 1. The smallest absolute Gasteiger partial charge is 0.410 e. The fourth-order valence-corrected chi connectivity index (χ4v) is 5.87. The van der Waals surface area contributed by atoms with E-state index in [0.29, 0.717) is 19.0 Å². The van der Waals surface area contributed by atoms with Gasteiger partial charge in [-0.2, -0.15) is 0 Å². The normalized spacial score (nSPS) is 21.1. The summed E-state index contributed by atoms with van der Waals surface area (Å²) in [5, 5.41) is 4.41. The lowest BCUT2D eigenvalue weighted by molar-refractivity contribution is 0.0171. The molecule has 1 aliphatic carbocycles. The zero-order valence-corrected chi connectivity index (χ0v) is 24.3. The highest BCUT2D eigenvalue weighted by molar-refractivity contribution is 6.30. The minimum absolute atomic E-state index is 0.161. The number of nitrogens with zero attached hydrogens (tertiary/aromatic N) is 3. The quantitative estimate of drug-likeness (QED) is 0.454. The van der Waals surface area contributed by atoms with Crippen LogP contribution in [0.15, 0.2) is 60.6 Å². The Morgan fingerprint density at radius 2 is 1.95 bits per heavy atom. The Morgan fingerprint density at radius 3 is 2.61 bits per heavy atom. The molecule has 0 saturated carbocycles. The molecule has 204 valence electrons. The minimum Gasteiger partial charge on any atom is -0.444 e. The van der Waals surface area contributed by atoms with Gasteiger partial charge >= 0.3 is 6.09 Å². The van der Waals surface area contributed by atoms with Gasteiger partial charge in [0.2, 0.25) is 0 Å².